The van der Waals surface area contributed by atoms with Crippen LogP contribution in [0.4, 0.5) is 11.4 Å². The van der Waals surface area contributed by atoms with Gasteiger partial charge >= 0.3 is 0 Å². The van der Waals surface area contributed by atoms with Crippen molar-refractivity contribution in [2.24, 2.45) is 0 Å². The number of anilines is 2. The minimum Gasteiger partial charge on any atom is -0.493 e. The zero-order chi connectivity index (χ0) is 13.8. The summed E-state index contributed by atoms with van der Waals surface area (Å²) in [6.07, 6.45) is 2.47. The van der Waals surface area contributed by atoms with Gasteiger partial charge in [0.15, 0.2) is 11.5 Å². The van der Waals surface area contributed by atoms with E-state index >= 15 is 0 Å². The predicted octanol–water partition coefficient (Wildman–Crippen LogP) is 1.90. The Morgan fingerprint density at radius 1 is 1.16 bits per heavy atom. The van der Waals surface area contributed by atoms with E-state index in [1.54, 1.807) is 21.3 Å². The number of hydrogen-bond acceptors (Lipinski definition) is 5. The number of methoxy groups -OCH3 is 3. The fourth-order valence-corrected chi connectivity index (χ4v) is 2.51. The lowest BCUT2D eigenvalue weighted by Gasteiger charge is -2.34. The molecule has 1 aliphatic rings. The van der Waals surface area contributed by atoms with Crippen molar-refractivity contribution in [3.05, 3.63) is 12.1 Å². The highest BCUT2D eigenvalue weighted by Crippen LogP contribution is 2.37. The average Bonchev–Trinajstić information content (AvgIpc) is 2.46. The Balaban J connectivity index is 2.28. The van der Waals surface area contributed by atoms with E-state index in [1.165, 1.54) is 0 Å². The van der Waals surface area contributed by atoms with Crippen LogP contribution in [0.2, 0.25) is 0 Å². The standard InChI is InChI=1S/C14H22N2O3/c1-17-10-5-4-6-16(9-10)12-8-14(19-3)13(18-2)7-11(12)15/h7-8,10H,4-6,9,15H2,1-3H3. The van der Waals surface area contributed by atoms with Crippen LogP contribution >= 0.6 is 0 Å². The Hall–Kier alpha value is -1.62. The number of nitrogens with zero attached hydrogens (tertiary/aromatic N) is 1. The molecule has 5 heteroatoms. The summed E-state index contributed by atoms with van der Waals surface area (Å²) in [6.45, 7) is 1.84. The highest BCUT2D eigenvalue weighted by molar-refractivity contribution is 5.73. The predicted molar refractivity (Wildman–Crippen MR) is 76.2 cm³/mol. The second-order valence-corrected chi connectivity index (χ2v) is 4.71. The molecule has 1 saturated heterocycles. The third kappa shape index (κ3) is 2.87. The van der Waals surface area contributed by atoms with Gasteiger partial charge in [-0.15, -0.1) is 0 Å². The van der Waals surface area contributed by atoms with Gasteiger partial charge < -0.3 is 24.8 Å². The summed E-state index contributed by atoms with van der Waals surface area (Å²) in [6, 6.07) is 3.75. The molecule has 0 aliphatic carbocycles. The van der Waals surface area contributed by atoms with Crippen molar-refractivity contribution in [2.45, 2.75) is 18.9 Å². The van der Waals surface area contributed by atoms with Crippen LogP contribution in [0.5, 0.6) is 11.5 Å². The van der Waals surface area contributed by atoms with Gasteiger partial charge in [0, 0.05) is 32.3 Å². The normalized spacial score (nSPS) is 19.3. The quantitative estimate of drug-likeness (QED) is 0.844. The van der Waals surface area contributed by atoms with Gasteiger partial charge in [-0.25, -0.2) is 0 Å². The van der Waals surface area contributed by atoms with Crippen LogP contribution in [-0.2, 0) is 4.74 Å². The molecule has 1 fully saturated rings. The molecule has 5 nitrogen and oxygen atoms in total. The maximum absolute atomic E-state index is 6.12. The molecule has 2 rings (SSSR count). The van der Waals surface area contributed by atoms with Crippen molar-refractivity contribution in [1.82, 2.24) is 0 Å². The lowest BCUT2D eigenvalue weighted by atomic mass is 10.1. The van der Waals surface area contributed by atoms with Crippen LogP contribution < -0.4 is 20.1 Å². The van der Waals surface area contributed by atoms with E-state index in [2.05, 4.69) is 4.90 Å². The minimum absolute atomic E-state index is 0.265. The highest BCUT2D eigenvalue weighted by Gasteiger charge is 2.22. The second kappa shape index (κ2) is 6.02. The molecule has 19 heavy (non-hydrogen) atoms. The number of benzene rings is 1. The van der Waals surface area contributed by atoms with Crippen molar-refractivity contribution < 1.29 is 14.2 Å². The zero-order valence-electron chi connectivity index (χ0n) is 11.8. The molecule has 1 unspecified atom stereocenters. The molecule has 0 bridgehead atoms. The van der Waals surface area contributed by atoms with E-state index < -0.39 is 0 Å². The van der Waals surface area contributed by atoms with Crippen molar-refractivity contribution in [3.8, 4) is 11.5 Å². The maximum atomic E-state index is 6.12. The fourth-order valence-electron chi connectivity index (χ4n) is 2.51. The number of rotatable bonds is 4. The van der Waals surface area contributed by atoms with Crippen LogP contribution in [0.25, 0.3) is 0 Å². The molecule has 0 amide bonds. The highest BCUT2D eigenvalue weighted by atomic mass is 16.5. The molecule has 1 atom stereocenters. The topological polar surface area (TPSA) is 57.0 Å². The van der Waals surface area contributed by atoms with Gasteiger partial charge in [0.05, 0.1) is 31.7 Å². The Labute approximate surface area is 114 Å². The third-order valence-electron chi connectivity index (χ3n) is 3.59. The van der Waals surface area contributed by atoms with E-state index in [9.17, 15) is 0 Å². The largest absolute Gasteiger partial charge is 0.493 e. The lowest BCUT2D eigenvalue weighted by molar-refractivity contribution is 0.0893. The van der Waals surface area contributed by atoms with E-state index in [-0.39, 0.29) is 6.10 Å². The summed E-state index contributed by atoms with van der Waals surface area (Å²) in [7, 11) is 5.00. The summed E-state index contributed by atoms with van der Waals surface area (Å²) >= 11 is 0. The van der Waals surface area contributed by atoms with Crippen molar-refractivity contribution in [3.63, 3.8) is 0 Å². The van der Waals surface area contributed by atoms with E-state index in [4.69, 9.17) is 19.9 Å². The molecular weight excluding hydrogens is 244 g/mol. The number of hydrogen-bond donors (Lipinski definition) is 1. The fraction of sp³-hybridized carbons (Fsp3) is 0.571. The van der Waals surface area contributed by atoms with Crippen LogP contribution in [-0.4, -0.2) is 40.5 Å². The number of nitrogen functional groups attached to an aromatic ring is 1. The van der Waals surface area contributed by atoms with Crippen LogP contribution in [0.15, 0.2) is 12.1 Å². The molecule has 106 valence electrons. The van der Waals surface area contributed by atoms with Gasteiger partial charge in [-0.05, 0) is 12.8 Å². The van der Waals surface area contributed by atoms with Crippen LogP contribution in [0, 0.1) is 0 Å². The zero-order valence-corrected chi connectivity index (χ0v) is 11.8. The maximum Gasteiger partial charge on any atom is 0.162 e. The summed E-state index contributed by atoms with van der Waals surface area (Å²) in [5.41, 5.74) is 7.81. The Bertz CT molecular complexity index is 437. The molecule has 2 N–H and O–H groups in total. The van der Waals surface area contributed by atoms with Crippen molar-refractivity contribution in [2.75, 3.05) is 45.1 Å². The summed E-state index contributed by atoms with van der Waals surface area (Å²) < 4.78 is 16.0. The van der Waals surface area contributed by atoms with Gasteiger partial charge in [-0.3, -0.25) is 0 Å². The van der Waals surface area contributed by atoms with Gasteiger partial charge in [-0.2, -0.15) is 0 Å². The molecule has 0 radical (unpaired) electrons. The monoisotopic (exact) mass is 266 g/mol. The van der Waals surface area contributed by atoms with Crippen molar-refractivity contribution >= 4 is 11.4 Å². The molecule has 0 aromatic heterocycles. The SMILES string of the molecule is COc1cc(N)c(N2CCCC(OC)C2)cc1OC. The summed E-state index contributed by atoms with van der Waals surface area (Å²) in [5, 5.41) is 0. The molecule has 0 saturated carbocycles. The Kier molecular flexibility index (Phi) is 4.37. The van der Waals surface area contributed by atoms with E-state index in [1.807, 2.05) is 12.1 Å². The van der Waals surface area contributed by atoms with Crippen molar-refractivity contribution in [1.29, 1.82) is 0 Å². The van der Waals surface area contributed by atoms with Gasteiger partial charge in [0.1, 0.15) is 0 Å². The summed E-state index contributed by atoms with van der Waals surface area (Å²) in [5.74, 6) is 1.36. The third-order valence-corrected chi connectivity index (χ3v) is 3.59. The van der Waals surface area contributed by atoms with Gasteiger partial charge in [0.2, 0.25) is 0 Å². The molecule has 1 aromatic rings. The first kappa shape index (κ1) is 13.8. The Morgan fingerprint density at radius 2 is 1.84 bits per heavy atom. The minimum atomic E-state index is 0.265. The molecule has 1 heterocycles. The molecular formula is C14H22N2O3. The number of piperidine rings is 1. The summed E-state index contributed by atoms with van der Waals surface area (Å²) in [4.78, 5) is 2.24. The van der Waals surface area contributed by atoms with E-state index in [0.29, 0.717) is 17.2 Å². The molecule has 1 aromatic carbocycles. The molecule has 1 aliphatic heterocycles. The smallest absolute Gasteiger partial charge is 0.162 e. The first-order valence-electron chi connectivity index (χ1n) is 6.48. The Morgan fingerprint density at radius 3 is 2.47 bits per heavy atom. The van der Waals surface area contributed by atoms with Crippen LogP contribution in [0.1, 0.15) is 12.8 Å². The van der Waals surface area contributed by atoms with Crippen LogP contribution in [0.3, 0.4) is 0 Å². The van der Waals surface area contributed by atoms with Gasteiger partial charge in [-0.1, -0.05) is 0 Å². The van der Waals surface area contributed by atoms with Gasteiger partial charge in [0.25, 0.3) is 0 Å². The first-order valence-corrected chi connectivity index (χ1v) is 6.48. The van der Waals surface area contributed by atoms with E-state index in [0.717, 1.165) is 31.6 Å². The molecule has 0 spiro atoms. The number of nitrogens with two attached hydrogens (primary N) is 1. The number of ether oxygens (including phenoxy) is 3. The average molecular weight is 266 g/mol. The second-order valence-electron chi connectivity index (χ2n) is 4.71. The first-order chi connectivity index (χ1) is 9.19. The lowest BCUT2D eigenvalue weighted by Crippen LogP contribution is -2.39.